The summed E-state index contributed by atoms with van der Waals surface area (Å²) in [4.78, 5) is 30.1. The number of fused-ring (bicyclic) bond motifs is 30. The smallest absolute Gasteiger partial charge is 0.0973 e. The molecule has 0 saturated carbocycles. The van der Waals surface area contributed by atoms with Crippen LogP contribution in [0.4, 0.5) is 0 Å². The van der Waals surface area contributed by atoms with E-state index in [9.17, 15) is 0 Å². The first-order chi connectivity index (χ1) is 74.5. The zero-order valence-electron chi connectivity index (χ0n) is 81.0. The van der Waals surface area contributed by atoms with Crippen molar-refractivity contribution in [3.05, 3.63) is 522 Å². The number of benzene rings is 23. The number of aromatic nitrogens is 12. The fourth-order valence-corrected chi connectivity index (χ4v) is 23.9. The molecule has 0 aliphatic heterocycles. The Hall–Kier alpha value is -20.3. The maximum absolute atomic E-state index is 5.33. The van der Waals surface area contributed by atoms with E-state index in [0.29, 0.717) is 0 Å². The molecule has 0 unspecified atom stereocenters. The van der Waals surface area contributed by atoms with Gasteiger partial charge in [-0.1, -0.05) is 358 Å². The zero-order valence-corrected chi connectivity index (χ0v) is 81.0. The highest BCUT2D eigenvalue weighted by molar-refractivity contribution is 6.34. The Kier molecular flexibility index (Phi) is 19.7. The van der Waals surface area contributed by atoms with Gasteiger partial charge in [0, 0.05) is 133 Å². The molecule has 12 heteroatoms. The molecule has 698 valence electrons. The Balaban J connectivity index is 0.000000105. The topological polar surface area (TPSA) is 107 Å². The predicted molar refractivity (Wildman–Crippen MR) is 624 cm³/mol. The molecule has 0 aliphatic rings. The Morgan fingerprint density at radius 1 is 0.133 bits per heavy atom. The summed E-state index contributed by atoms with van der Waals surface area (Å²) >= 11 is 0. The van der Waals surface area contributed by atoms with Gasteiger partial charge < -0.3 is 27.4 Å². The van der Waals surface area contributed by atoms with E-state index in [1.54, 1.807) is 12.4 Å². The minimum absolute atomic E-state index is 0.855. The van der Waals surface area contributed by atoms with E-state index in [-0.39, 0.29) is 0 Å². The maximum Gasteiger partial charge on any atom is 0.0973 e. The van der Waals surface area contributed by atoms with Crippen molar-refractivity contribution in [2.45, 2.75) is 0 Å². The zero-order chi connectivity index (χ0) is 98.5. The maximum atomic E-state index is 5.33. The van der Waals surface area contributed by atoms with Crippen LogP contribution in [0.5, 0.6) is 0 Å². The molecule has 0 radical (unpaired) electrons. The van der Waals surface area contributed by atoms with E-state index < -0.39 is 0 Å². The first-order valence-electron chi connectivity index (χ1n) is 50.9. The van der Waals surface area contributed by atoms with E-state index in [1.807, 2.05) is 24.3 Å². The number of hydrogen-bond donors (Lipinski definition) is 0. The van der Waals surface area contributed by atoms with Crippen molar-refractivity contribution in [2.24, 2.45) is 0 Å². The molecule has 150 heavy (non-hydrogen) atoms. The molecule has 0 N–H and O–H groups in total. The van der Waals surface area contributed by atoms with Gasteiger partial charge in [0.15, 0.2) is 0 Å². The number of hydrogen-bond acceptors (Lipinski definition) is 6. The average molecular weight is 1910 g/mol. The minimum atomic E-state index is 0.855. The number of para-hydroxylation sites is 6. The van der Waals surface area contributed by atoms with Crippen LogP contribution < -0.4 is 0 Å². The highest BCUT2D eigenvalue weighted by Gasteiger charge is 2.29. The molecule has 0 spiro atoms. The van der Waals surface area contributed by atoms with Gasteiger partial charge in [0.25, 0.3) is 0 Å². The monoisotopic (exact) mass is 1910 g/mol. The Morgan fingerprint density at radius 2 is 0.400 bits per heavy atom. The van der Waals surface area contributed by atoms with Crippen molar-refractivity contribution in [1.82, 2.24) is 57.3 Å². The lowest BCUT2D eigenvalue weighted by atomic mass is 10.0. The summed E-state index contributed by atoms with van der Waals surface area (Å²) in [7, 11) is 0. The second kappa shape index (κ2) is 34.7. The van der Waals surface area contributed by atoms with Crippen molar-refractivity contribution in [3.63, 3.8) is 0 Å². The van der Waals surface area contributed by atoms with Gasteiger partial charge in [-0.05, 0) is 195 Å². The van der Waals surface area contributed by atoms with E-state index in [0.717, 1.165) is 134 Å². The summed E-state index contributed by atoms with van der Waals surface area (Å²) in [5.41, 5.74) is 36.1. The van der Waals surface area contributed by atoms with E-state index in [1.165, 1.54) is 152 Å². The molecule has 0 bridgehead atoms. The summed E-state index contributed by atoms with van der Waals surface area (Å²) in [6.45, 7) is 0. The summed E-state index contributed by atoms with van der Waals surface area (Å²) < 4.78 is 14.6. The van der Waals surface area contributed by atoms with Crippen molar-refractivity contribution < 1.29 is 0 Å². The van der Waals surface area contributed by atoms with Gasteiger partial charge >= 0.3 is 0 Å². The standard InChI is InChI=1S/C54H34N4.C48H30N4.C36H22N4/c1-4-16-36(17-5-1)52-53(37-18-6-2-7-19-37)56-46-34-39(27-30-45(46)55-52)38-20-14-23-41(33-38)57-47-26-13-12-25-43(47)51-49(57)32-29-44-50-42-24-11-10-15-35(42)28-31-48(50)58(54(44)51)40-21-8-3-9-22-40;1-4-15-32(16-5-1)46-47(33-17-6-2-7-18-33)50-40-30-35(25-27-39(40)49-46)51-41-23-13-12-22-37(41)45-43(51)29-26-38-44-36-21-11-10-14-31(36)24-28-42(44)52(48(38)45)34-19-8-3-9-20-34;1-2-9-24(10-3-1)40-32-18-14-23-8-4-5-11-26(23)34(32)28-16-19-33-35(36(28)40)27-12-6-7-13-31(27)39(33)25-15-17-29-30(22-25)38-21-20-37-29/h1-34H;1-30H;1-22H. The van der Waals surface area contributed by atoms with Crippen LogP contribution in [0.15, 0.2) is 522 Å². The van der Waals surface area contributed by atoms with Crippen molar-refractivity contribution in [3.8, 4) is 90.3 Å². The third-order valence-corrected chi connectivity index (χ3v) is 30.3. The predicted octanol–water partition coefficient (Wildman–Crippen LogP) is 35.3. The van der Waals surface area contributed by atoms with Crippen LogP contribution in [-0.4, -0.2) is 57.3 Å². The molecule has 0 atom stereocenters. The molecule has 0 fully saturated rings. The third kappa shape index (κ3) is 13.6. The normalized spacial score (nSPS) is 11.9. The quantitative estimate of drug-likeness (QED) is 0.128. The molecule has 0 aliphatic carbocycles. The van der Waals surface area contributed by atoms with Crippen LogP contribution in [0.25, 0.3) is 287 Å². The molecular formula is C138H86N12. The lowest BCUT2D eigenvalue weighted by Crippen LogP contribution is -1.98. The molecule has 0 saturated heterocycles. The first-order valence-corrected chi connectivity index (χ1v) is 50.9. The molecule has 32 aromatic rings. The second-order valence-corrected chi connectivity index (χ2v) is 38.6. The third-order valence-electron chi connectivity index (χ3n) is 30.3. The van der Waals surface area contributed by atoms with Gasteiger partial charge in [0.05, 0.1) is 122 Å². The van der Waals surface area contributed by atoms with E-state index >= 15 is 0 Å². The number of rotatable bonds is 11. The highest BCUT2D eigenvalue weighted by atomic mass is 15.1. The van der Waals surface area contributed by atoms with Crippen LogP contribution in [0, 0.1) is 0 Å². The van der Waals surface area contributed by atoms with E-state index in [2.05, 4.69) is 523 Å². The Bertz CT molecular complexity index is 11100. The number of nitrogens with zero attached hydrogens (tertiary/aromatic N) is 12. The first kappa shape index (κ1) is 85.3. The Morgan fingerprint density at radius 3 is 0.780 bits per heavy atom. The van der Waals surface area contributed by atoms with Gasteiger partial charge in [-0.3, -0.25) is 9.97 Å². The molecule has 12 nitrogen and oxygen atoms in total. The highest BCUT2D eigenvalue weighted by Crippen LogP contribution is 2.51. The summed E-state index contributed by atoms with van der Waals surface area (Å²) in [6.07, 6.45) is 3.50. The van der Waals surface area contributed by atoms with Gasteiger partial charge in [-0.15, -0.1) is 0 Å². The Labute approximate surface area is 859 Å². The van der Waals surface area contributed by atoms with Crippen molar-refractivity contribution >= 4 is 196 Å². The molecule has 0 amide bonds. The lowest BCUT2D eigenvalue weighted by Gasteiger charge is -2.13. The summed E-state index contributed by atoms with van der Waals surface area (Å²) in [5, 5.41) is 22.5. The summed E-state index contributed by atoms with van der Waals surface area (Å²) in [5.74, 6) is 0. The van der Waals surface area contributed by atoms with Crippen LogP contribution in [-0.2, 0) is 0 Å². The largest absolute Gasteiger partial charge is 0.309 e. The average Bonchev–Trinajstić information content (AvgIpc) is 1.54. The lowest BCUT2D eigenvalue weighted by molar-refractivity contribution is 1.17. The van der Waals surface area contributed by atoms with Crippen LogP contribution >= 0.6 is 0 Å². The molecule has 23 aromatic carbocycles. The molecule has 32 rings (SSSR count). The molecule has 9 aromatic heterocycles. The second-order valence-electron chi connectivity index (χ2n) is 38.6. The summed E-state index contributed by atoms with van der Waals surface area (Å²) in [6, 6.07) is 182. The van der Waals surface area contributed by atoms with E-state index in [4.69, 9.17) is 19.9 Å². The van der Waals surface area contributed by atoms with Gasteiger partial charge in [-0.25, -0.2) is 19.9 Å². The van der Waals surface area contributed by atoms with Gasteiger partial charge in [0.2, 0.25) is 0 Å². The van der Waals surface area contributed by atoms with Crippen LogP contribution in [0.2, 0.25) is 0 Å². The van der Waals surface area contributed by atoms with Crippen molar-refractivity contribution in [2.75, 3.05) is 0 Å². The van der Waals surface area contributed by atoms with Crippen LogP contribution in [0.1, 0.15) is 0 Å². The van der Waals surface area contributed by atoms with Crippen LogP contribution in [0.3, 0.4) is 0 Å². The van der Waals surface area contributed by atoms with Gasteiger partial charge in [-0.2, -0.15) is 0 Å². The van der Waals surface area contributed by atoms with Crippen molar-refractivity contribution in [1.29, 1.82) is 0 Å². The fraction of sp³-hybridized carbons (Fsp3) is 0. The van der Waals surface area contributed by atoms with Gasteiger partial charge in [0.1, 0.15) is 0 Å². The molecule has 9 heterocycles. The minimum Gasteiger partial charge on any atom is -0.309 e. The fourth-order valence-electron chi connectivity index (χ4n) is 23.9. The molecular weight excluding hydrogens is 1830 g/mol. The SMILES string of the molecule is c1ccc(-c2nc3ccc(-c4cccc(-n5c6ccccc6c6c5ccc5c7c8ccccc8ccc7n(-c7ccccc7)c56)c4)cc3nc2-c2ccccc2)cc1.c1ccc(-c2nc3ccc(-n4c5ccccc5c5c4ccc4c6c7ccccc7ccc6n(-c6ccccc6)c45)cc3nc2-c2ccccc2)cc1.c1ccc(-n2c3ccc4ccccc4c3c3ccc4c(c5ccccc5n4-c4ccc5nccnc5c4)c32)cc1.